The number of phosphoric ester groups is 1. The molecular weight excluding hydrogens is 816 g/mol. The minimum Gasteiger partial charge on any atom is -0.391 e. The molecule has 0 aliphatic heterocycles. The summed E-state index contributed by atoms with van der Waals surface area (Å²) in [7, 11) is 1.61. The number of aliphatic hydroxyl groups is 1. The van der Waals surface area contributed by atoms with Gasteiger partial charge in [0, 0.05) is 6.42 Å². The number of carbonyl (C=O) groups is 1. The van der Waals surface area contributed by atoms with Gasteiger partial charge in [-0.25, -0.2) is 4.57 Å². The number of unbranched alkanes of at least 4 members (excludes halogenated alkanes) is 28. The second-order valence-corrected chi connectivity index (χ2v) is 21.0. The number of hydrogen-bond acceptors (Lipinski definition) is 5. The summed E-state index contributed by atoms with van der Waals surface area (Å²) in [6.07, 6.45) is 60.1. The summed E-state index contributed by atoms with van der Waals surface area (Å²) < 4.78 is 23.8. The third-order valence-corrected chi connectivity index (χ3v) is 13.1. The zero-order valence-electron chi connectivity index (χ0n) is 42.8. The number of nitrogens with zero attached hydrogens (tertiary/aromatic N) is 1. The fraction of sp³-hybridized carbons (Fsp3) is 0.836. The van der Waals surface area contributed by atoms with E-state index >= 15 is 0 Å². The first-order valence-electron chi connectivity index (χ1n) is 27.0. The van der Waals surface area contributed by atoms with Gasteiger partial charge in [0.15, 0.2) is 0 Å². The highest BCUT2D eigenvalue weighted by Gasteiger charge is 2.28. The highest BCUT2D eigenvalue weighted by molar-refractivity contribution is 7.47. The maximum atomic E-state index is 13.0. The highest BCUT2D eigenvalue weighted by Crippen LogP contribution is 2.43. The van der Waals surface area contributed by atoms with Crippen LogP contribution in [0.15, 0.2) is 48.6 Å². The number of amides is 1. The molecule has 0 saturated heterocycles. The van der Waals surface area contributed by atoms with E-state index in [4.69, 9.17) is 9.05 Å². The molecule has 9 heteroatoms. The maximum Gasteiger partial charge on any atom is 0.472 e. The van der Waals surface area contributed by atoms with E-state index in [9.17, 15) is 19.4 Å². The largest absolute Gasteiger partial charge is 0.472 e. The molecule has 0 aromatic heterocycles. The van der Waals surface area contributed by atoms with E-state index in [1.807, 2.05) is 21.1 Å². The molecule has 0 spiro atoms. The molecule has 376 valence electrons. The Kier molecular flexibility index (Phi) is 45.4. The predicted molar refractivity (Wildman–Crippen MR) is 277 cm³/mol. The third kappa shape index (κ3) is 48.4. The number of aliphatic hydroxyl groups excluding tert-OH is 1. The van der Waals surface area contributed by atoms with Gasteiger partial charge >= 0.3 is 7.82 Å². The zero-order chi connectivity index (χ0) is 47.1. The molecule has 0 aliphatic carbocycles. The van der Waals surface area contributed by atoms with E-state index in [1.54, 1.807) is 0 Å². The molecule has 0 aliphatic rings. The lowest BCUT2D eigenvalue weighted by Crippen LogP contribution is -2.46. The van der Waals surface area contributed by atoms with Gasteiger partial charge in [-0.1, -0.05) is 236 Å². The Morgan fingerprint density at radius 1 is 0.547 bits per heavy atom. The van der Waals surface area contributed by atoms with Gasteiger partial charge in [0.05, 0.1) is 39.9 Å². The number of carbonyl (C=O) groups excluding carboxylic acids is 1. The molecule has 0 aromatic carbocycles. The van der Waals surface area contributed by atoms with Crippen LogP contribution in [0.3, 0.4) is 0 Å². The van der Waals surface area contributed by atoms with Crippen LogP contribution in [0.25, 0.3) is 0 Å². The smallest absolute Gasteiger partial charge is 0.391 e. The van der Waals surface area contributed by atoms with Crippen LogP contribution in [-0.2, 0) is 18.4 Å². The molecule has 3 atom stereocenters. The first-order valence-corrected chi connectivity index (χ1v) is 28.5. The van der Waals surface area contributed by atoms with Crippen LogP contribution in [0.5, 0.6) is 0 Å². The van der Waals surface area contributed by atoms with E-state index in [-0.39, 0.29) is 19.1 Å². The predicted octanol–water partition coefficient (Wildman–Crippen LogP) is 16.0. The van der Waals surface area contributed by atoms with Gasteiger partial charge in [0.2, 0.25) is 5.91 Å². The van der Waals surface area contributed by atoms with Crippen molar-refractivity contribution in [2.75, 3.05) is 40.9 Å². The Bertz CT molecular complexity index is 1180. The van der Waals surface area contributed by atoms with Crippen LogP contribution in [0.4, 0.5) is 0 Å². The van der Waals surface area contributed by atoms with Gasteiger partial charge in [0.25, 0.3) is 0 Å². The summed E-state index contributed by atoms with van der Waals surface area (Å²) in [6, 6.07) is -0.767. The molecule has 0 bridgehead atoms. The number of phosphoric acid groups is 1. The SMILES string of the molecule is CC/C=C\C/C=C\C/C=C\C/C=C\CCCCCCCCCCC(=O)NC(COP(=O)(O)OCC[N+](C)(C)C)C(O)CCCCCCCCCCCCCCCCCCCCCCC. The average molecular weight is 922 g/mol. The van der Waals surface area contributed by atoms with Crippen LogP contribution in [0, 0.1) is 0 Å². The molecular formula is C55H106N2O6P+. The lowest BCUT2D eigenvalue weighted by molar-refractivity contribution is -0.870. The highest BCUT2D eigenvalue weighted by atomic mass is 31.2. The van der Waals surface area contributed by atoms with Crippen molar-refractivity contribution in [3.63, 3.8) is 0 Å². The van der Waals surface area contributed by atoms with Gasteiger partial charge in [-0.05, 0) is 51.4 Å². The number of likely N-dealkylation sites (N-methyl/N-ethyl adjacent to an activating group) is 1. The molecule has 0 rings (SSSR count). The molecule has 0 heterocycles. The van der Waals surface area contributed by atoms with Gasteiger partial charge in [-0.3, -0.25) is 13.8 Å². The fourth-order valence-electron chi connectivity index (χ4n) is 7.86. The third-order valence-electron chi connectivity index (χ3n) is 12.1. The monoisotopic (exact) mass is 922 g/mol. The number of quaternary nitrogens is 1. The first kappa shape index (κ1) is 62.5. The number of nitrogens with one attached hydrogen (secondary N) is 1. The van der Waals surface area contributed by atoms with Gasteiger partial charge in [-0.2, -0.15) is 0 Å². The average Bonchev–Trinajstić information content (AvgIpc) is 3.25. The van der Waals surface area contributed by atoms with Gasteiger partial charge < -0.3 is 19.8 Å². The summed E-state index contributed by atoms with van der Waals surface area (Å²) in [5.74, 6) is -0.152. The molecule has 0 radical (unpaired) electrons. The van der Waals surface area contributed by atoms with E-state index in [0.29, 0.717) is 23.9 Å². The molecule has 3 unspecified atom stereocenters. The molecule has 1 amide bonds. The Balaban J connectivity index is 4.24. The van der Waals surface area contributed by atoms with Crippen LogP contribution in [0.2, 0.25) is 0 Å². The minimum absolute atomic E-state index is 0.0718. The Morgan fingerprint density at radius 3 is 1.38 bits per heavy atom. The Labute approximate surface area is 397 Å². The summed E-state index contributed by atoms with van der Waals surface area (Å²) in [5, 5.41) is 14.1. The van der Waals surface area contributed by atoms with Crippen molar-refractivity contribution >= 4 is 13.7 Å². The molecule has 64 heavy (non-hydrogen) atoms. The van der Waals surface area contributed by atoms with Crippen LogP contribution in [-0.4, -0.2) is 73.4 Å². The summed E-state index contributed by atoms with van der Waals surface area (Å²) in [5.41, 5.74) is 0. The van der Waals surface area contributed by atoms with Crippen molar-refractivity contribution in [1.82, 2.24) is 5.32 Å². The molecule has 0 saturated carbocycles. The van der Waals surface area contributed by atoms with Crippen molar-refractivity contribution in [1.29, 1.82) is 0 Å². The molecule has 0 aromatic rings. The van der Waals surface area contributed by atoms with Crippen molar-refractivity contribution in [2.24, 2.45) is 0 Å². The number of hydrogen-bond donors (Lipinski definition) is 3. The zero-order valence-corrected chi connectivity index (χ0v) is 43.7. The summed E-state index contributed by atoms with van der Waals surface area (Å²) >= 11 is 0. The van der Waals surface area contributed by atoms with Crippen LogP contribution in [0.1, 0.15) is 245 Å². The lowest BCUT2D eigenvalue weighted by Gasteiger charge is -2.26. The van der Waals surface area contributed by atoms with Gasteiger partial charge in [0.1, 0.15) is 13.2 Å². The lowest BCUT2D eigenvalue weighted by atomic mass is 10.0. The van der Waals surface area contributed by atoms with E-state index in [0.717, 1.165) is 70.6 Å². The standard InChI is InChI=1S/C55H105N2O6P/c1-6-8-10-12-14-16-18-20-22-24-26-28-30-32-34-36-38-40-42-44-46-48-54(58)53(52-63-64(60,61)62-51-50-57(3,4)5)56-55(59)49-47-45-43-41-39-37-35-33-31-29-27-25-23-21-19-17-15-13-11-9-7-2/h9,11,15,17,21,23,27,29,53-54,58H,6-8,10,12-14,16,18-20,22,24-26,28,30-52H2,1-5H3,(H-,56,59,60,61)/p+1/b11-9-,17-15-,23-21-,29-27-. The van der Waals surface area contributed by atoms with Crippen LogP contribution >= 0.6 is 7.82 Å². The fourth-order valence-corrected chi connectivity index (χ4v) is 8.60. The van der Waals surface area contributed by atoms with E-state index < -0.39 is 20.0 Å². The van der Waals surface area contributed by atoms with E-state index in [2.05, 4.69) is 67.8 Å². The van der Waals surface area contributed by atoms with E-state index in [1.165, 1.54) is 148 Å². The topological polar surface area (TPSA) is 105 Å². The van der Waals surface area contributed by atoms with Crippen molar-refractivity contribution < 1.29 is 32.9 Å². The second-order valence-electron chi connectivity index (χ2n) is 19.6. The first-order chi connectivity index (χ1) is 31.0. The van der Waals surface area contributed by atoms with Crippen LogP contribution < -0.4 is 5.32 Å². The normalized spacial score (nSPS) is 14.4. The number of rotatable bonds is 49. The quantitative estimate of drug-likeness (QED) is 0.0243. The number of allylic oxidation sites excluding steroid dienone is 8. The van der Waals surface area contributed by atoms with Crippen molar-refractivity contribution in [3.8, 4) is 0 Å². The van der Waals surface area contributed by atoms with Gasteiger partial charge in [-0.15, -0.1) is 0 Å². The Hall–Kier alpha value is -1.54. The van der Waals surface area contributed by atoms with Crippen molar-refractivity contribution in [2.45, 2.75) is 257 Å². The molecule has 3 N–H and O–H groups in total. The Morgan fingerprint density at radius 2 is 0.938 bits per heavy atom. The summed E-state index contributed by atoms with van der Waals surface area (Å²) in [4.78, 5) is 23.3. The maximum absolute atomic E-state index is 13.0. The van der Waals surface area contributed by atoms with Crippen molar-refractivity contribution in [3.05, 3.63) is 48.6 Å². The molecule has 0 fully saturated rings. The minimum atomic E-state index is -4.33. The second kappa shape index (κ2) is 46.6. The molecule has 8 nitrogen and oxygen atoms in total. The summed E-state index contributed by atoms with van der Waals surface area (Å²) in [6.45, 7) is 4.79.